The van der Waals surface area contributed by atoms with Crippen molar-refractivity contribution in [3.05, 3.63) is 54.1 Å². The highest BCUT2D eigenvalue weighted by Crippen LogP contribution is 2.40. The first-order chi connectivity index (χ1) is 11.4. The van der Waals surface area contributed by atoms with Gasteiger partial charge in [0.1, 0.15) is 5.82 Å². The topological polar surface area (TPSA) is 38.0 Å². The number of halogens is 1. The molecular weight excluding hydrogens is 303 g/mol. The van der Waals surface area contributed by atoms with E-state index in [4.69, 9.17) is 0 Å². The van der Waals surface area contributed by atoms with Gasteiger partial charge in [0.2, 0.25) is 0 Å². The van der Waals surface area contributed by atoms with Gasteiger partial charge in [-0.05, 0) is 68.0 Å². The van der Waals surface area contributed by atoms with Gasteiger partial charge in [0, 0.05) is 18.0 Å². The van der Waals surface area contributed by atoms with Crippen LogP contribution in [0.15, 0.2) is 42.7 Å². The van der Waals surface area contributed by atoms with Crippen molar-refractivity contribution in [2.24, 2.45) is 5.92 Å². The van der Waals surface area contributed by atoms with Gasteiger partial charge < -0.3 is 9.67 Å². The first-order valence-corrected chi connectivity index (χ1v) is 8.38. The Balaban J connectivity index is 1.73. The zero-order valence-electron chi connectivity index (χ0n) is 14.0. The van der Waals surface area contributed by atoms with Crippen LogP contribution < -0.4 is 0 Å². The number of benzene rings is 1. The minimum Gasteiger partial charge on any atom is -0.388 e. The molecule has 0 amide bonds. The van der Waals surface area contributed by atoms with Crippen LogP contribution in [0, 0.1) is 18.7 Å². The van der Waals surface area contributed by atoms with Gasteiger partial charge in [-0.2, -0.15) is 0 Å². The largest absolute Gasteiger partial charge is 0.388 e. The molecule has 4 rings (SSSR count). The summed E-state index contributed by atoms with van der Waals surface area (Å²) < 4.78 is 15.6. The Hall–Kier alpha value is -2.20. The molecule has 2 heterocycles. The van der Waals surface area contributed by atoms with E-state index in [-0.39, 0.29) is 5.82 Å². The van der Waals surface area contributed by atoms with Gasteiger partial charge in [-0.25, -0.2) is 4.39 Å². The summed E-state index contributed by atoms with van der Waals surface area (Å²) >= 11 is 0. The normalized spacial score (nSPS) is 17.2. The maximum absolute atomic E-state index is 13.5. The molecule has 24 heavy (non-hydrogen) atoms. The van der Waals surface area contributed by atoms with Crippen LogP contribution in [0.3, 0.4) is 0 Å². The third-order valence-electron chi connectivity index (χ3n) is 5.06. The molecular formula is C20H21FN2O. The summed E-state index contributed by atoms with van der Waals surface area (Å²) in [6.07, 6.45) is 6.00. The van der Waals surface area contributed by atoms with E-state index in [2.05, 4.69) is 15.6 Å². The van der Waals surface area contributed by atoms with Gasteiger partial charge in [-0.15, -0.1) is 0 Å². The van der Waals surface area contributed by atoms with Gasteiger partial charge in [0.05, 0.1) is 23.2 Å². The molecule has 0 radical (unpaired) electrons. The van der Waals surface area contributed by atoms with E-state index in [9.17, 15) is 9.50 Å². The van der Waals surface area contributed by atoms with E-state index in [1.54, 1.807) is 13.0 Å². The van der Waals surface area contributed by atoms with Crippen molar-refractivity contribution in [3.63, 3.8) is 0 Å². The minimum absolute atomic E-state index is 0.198. The van der Waals surface area contributed by atoms with Crippen molar-refractivity contribution in [1.29, 1.82) is 0 Å². The zero-order valence-corrected chi connectivity index (χ0v) is 14.0. The van der Waals surface area contributed by atoms with E-state index < -0.39 is 5.60 Å². The van der Waals surface area contributed by atoms with Crippen LogP contribution in [0.5, 0.6) is 0 Å². The third kappa shape index (κ3) is 2.71. The maximum atomic E-state index is 13.5. The predicted molar refractivity (Wildman–Crippen MR) is 93.2 cm³/mol. The maximum Gasteiger partial charge on any atom is 0.126 e. The monoisotopic (exact) mass is 324 g/mol. The molecule has 0 bridgehead atoms. The second kappa shape index (κ2) is 5.42. The Morgan fingerprint density at radius 3 is 2.75 bits per heavy atom. The lowest BCUT2D eigenvalue weighted by atomic mass is 10.0. The van der Waals surface area contributed by atoms with E-state index in [0.717, 1.165) is 35.0 Å². The van der Waals surface area contributed by atoms with Crippen LogP contribution >= 0.6 is 0 Å². The Labute approximate surface area is 140 Å². The fourth-order valence-corrected chi connectivity index (χ4v) is 3.36. The van der Waals surface area contributed by atoms with Crippen LogP contribution in [0.2, 0.25) is 0 Å². The van der Waals surface area contributed by atoms with Crippen molar-refractivity contribution in [1.82, 2.24) is 9.55 Å². The van der Waals surface area contributed by atoms with Crippen molar-refractivity contribution in [2.45, 2.75) is 38.8 Å². The molecule has 4 heteroatoms. The molecule has 3 aromatic rings. The van der Waals surface area contributed by atoms with Crippen molar-refractivity contribution in [3.8, 4) is 11.1 Å². The van der Waals surface area contributed by atoms with E-state index in [1.165, 1.54) is 6.07 Å². The molecule has 0 aliphatic heterocycles. The first kappa shape index (κ1) is 15.3. The van der Waals surface area contributed by atoms with Gasteiger partial charge >= 0.3 is 0 Å². The lowest BCUT2D eigenvalue weighted by Crippen LogP contribution is -2.32. The fourth-order valence-electron chi connectivity index (χ4n) is 3.36. The molecule has 3 nitrogen and oxygen atoms in total. The van der Waals surface area contributed by atoms with Crippen LogP contribution in [0.1, 0.15) is 25.3 Å². The number of fused-ring (bicyclic) bond motifs is 1. The van der Waals surface area contributed by atoms with E-state index >= 15 is 0 Å². The molecule has 1 unspecified atom stereocenters. The Morgan fingerprint density at radius 1 is 1.25 bits per heavy atom. The molecule has 0 saturated heterocycles. The summed E-state index contributed by atoms with van der Waals surface area (Å²) in [6.45, 7) is 4.24. The molecule has 1 fully saturated rings. The summed E-state index contributed by atoms with van der Waals surface area (Å²) in [5.74, 6) is 0.197. The van der Waals surface area contributed by atoms with Crippen LogP contribution in [-0.4, -0.2) is 20.3 Å². The number of aryl methyl sites for hydroxylation is 1. The summed E-state index contributed by atoms with van der Waals surface area (Å²) in [4.78, 5) is 4.52. The Morgan fingerprint density at radius 2 is 2.04 bits per heavy atom. The number of pyridine rings is 1. The Kier molecular flexibility index (Phi) is 3.46. The standard InChI is InChI=1S/C20H21FN2O/c1-13-9-14(3-6-17(13)21)15-10-19-18(22-11-15)7-8-23(19)12-20(2,24)16-4-5-16/h3,6-11,16,24H,4-5,12H2,1-2H3. The second-order valence-electron chi connectivity index (χ2n) is 7.17. The predicted octanol–water partition coefficient (Wildman–Crippen LogP) is 4.31. The smallest absolute Gasteiger partial charge is 0.126 e. The molecule has 1 N–H and O–H groups in total. The average molecular weight is 324 g/mol. The molecule has 0 spiro atoms. The number of nitrogens with zero attached hydrogens (tertiary/aromatic N) is 2. The summed E-state index contributed by atoms with van der Waals surface area (Å²) in [7, 11) is 0. The summed E-state index contributed by atoms with van der Waals surface area (Å²) in [5, 5.41) is 10.7. The number of hydrogen-bond donors (Lipinski definition) is 1. The van der Waals surface area contributed by atoms with Gasteiger partial charge in [-0.1, -0.05) is 6.07 Å². The highest BCUT2D eigenvalue weighted by atomic mass is 19.1. The van der Waals surface area contributed by atoms with Crippen LogP contribution in [0.25, 0.3) is 22.2 Å². The van der Waals surface area contributed by atoms with Crippen molar-refractivity contribution in [2.75, 3.05) is 0 Å². The molecule has 1 aromatic carbocycles. The van der Waals surface area contributed by atoms with E-state index in [1.807, 2.05) is 31.5 Å². The molecule has 1 atom stereocenters. The molecule has 1 aliphatic carbocycles. The highest BCUT2D eigenvalue weighted by Gasteiger charge is 2.40. The van der Waals surface area contributed by atoms with Gasteiger partial charge in [-0.3, -0.25) is 4.98 Å². The van der Waals surface area contributed by atoms with Crippen LogP contribution in [-0.2, 0) is 6.54 Å². The zero-order chi connectivity index (χ0) is 16.9. The molecule has 1 saturated carbocycles. The molecule has 1 aliphatic rings. The van der Waals surface area contributed by atoms with Crippen molar-refractivity contribution >= 4 is 11.0 Å². The second-order valence-corrected chi connectivity index (χ2v) is 7.17. The lowest BCUT2D eigenvalue weighted by molar-refractivity contribution is 0.0205. The Bertz CT molecular complexity index is 909. The number of aromatic nitrogens is 2. The fraction of sp³-hybridized carbons (Fsp3) is 0.350. The first-order valence-electron chi connectivity index (χ1n) is 8.38. The van der Waals surface area contributed by atoms with Gasteiger partial charge in [0.15, 0.2) is 0 Å². The third-order valence-corrected chi connectivity index (χ3v) is 5.06. The number of hydrogen-bond acceptors (Lipinski definition) is 2. The average Bonchev–Trinajstić information content (AvgIpc) is 3.34. The van der Waals surface area contributed by atoms with Gasteiger partial charge in [0.25, 0.3) is 0 Å². The minimum atomic E-state index is -0.686. The van der Waals surface area contributed by atoms with Crippen molar-refractivity contribution < 1.29 is 9.50 Å². The number of rotatable bonds is 4. The van der Waals surface area contributed by atoms with E-state index in [0.29, 0.717) is 18.0 Å². The van der Waals surface area contributed by atoms with Crippen LogP contribution in [0.4, 0.5) is 4.39 Å². The molecule has 124 valence electrons. The highest BCUT2D eigenvalue weighted by molar-refractivity contribution is 5.81. The lowest BCUT2D eigenvalue weighted by Gasteiger charge is -2.24. The quantitative estimate of drug-likeness (QED) is 0.776. The SMILES string of the molecule is Cc1cc(-c2cnc3ccn(CC(C)(O)C4CC4)c3c2)ccc1F. The summed E-state index contributed by atoms with van der Waals surface area (Å²) in [5.41, 5.74) is 3.75. The summed E-state index contributed by atoms with van der Waals surface area (Å²) in [6, 6.07) is 9.15. The molecule has 2 aromatic heterocycles. The number of aliphatic hydroxyl groups is 1.